The van der Waals surface area contributed by atoms with E-state index < -0.39 is 0 Å². The molecule has 2 rings (SSSR count). The Bertz CT molecular complexity index is 403. The van der Waals surface area contributed by atoms with E-state index in [1.54, 1.807) is 12.1 Å². The van der Waals surface area contributed by atoms with E-state index in [0.717, 1.165) is 50.5 Å². The SMILES string of the molecule is CCCCCOc1ccc(F)cc1N1CCCNCC1. The summed E-state index contributed by atoms with van der Waals surface area (Å²) in [4.78, 5) is 2.22. The number of anilines is 1. The molecule has 20 heavy (non-hydrogen) atoms. The molecule has 0 aromatic heterocycles. The lowest BCUT2D eigenvalue weighted by Crippen LogP contribution is -2.28. The van der Waals surface area contributed by atoms with Gasteiger partial charge in [0.15, 0.2) is 0 Å². The van der Waals surface area contributed by atoms with Crippen LogP contribution in [0.2, 0.25) is 0 Å². The summed E-state index contributed by atoms with van der Waals surface area (Å²) in [6.07, 6.45) is 4.47. The van der Waals surface area contributed by atoms with Gasteiger partial charge in [0.05, 0.1) is 12.3 Å². The van der Waals surface area contributed by atoms with E-state index in [4.69, 9.17) is 4.74 Å². The molecule has 0 amide bonds. The minimum Gasteiger partial charge on any atom is -0.491 e. The highest BCUT2D eigenvalue weighted by Gasteiger charge is 2.15. The topological polar surface area (TPSA) is 24.5 Å². The van der Waals surface area contributed by atoms with Crippen molar-refractivity contribution in [2.24, 2.45) is 0 Å². The molecule has 0 unspecified atom stereocenters. The summed E-state index contributed by atoms with van der Waals surface area (Å²) in [5.74, 6) is 0.613. The maximum absolute atomic E-state index is 13.5. The Morgan fingerprint density at radius 1 is 1.25 bits per heavy atom. The zero-order valence-electron chi connectivity index (χ0n) is 12.3. The Morgan fingerprint density at radius 2 is 2.15 bits per heavy atom. The van der Waals surface area contributed by atoms with E-state index in [1.807, 2.05) is 0 Å². The van der Waals surface area contributed by atoms with E-state index in [2.05, 4.69) is 17.1 Å². The molecule has 0 spiro atoms. The zero-order valence-corrected chi connectivity index (χ0v) is 12.3. The van der Waals surface area contributed by atoms with Gasteiger partial charge >= 0.3 is 0 Å². The molecule has 1 fully saturated rings. The first-order valence-electron chi connectivity index (χ1n) is 7.69. The van der Waals surface area contributed by atoms with Crippen LogP contribution in [0.25, 0.3) is 0 Å². The van der Waals surface area contributed by atoms with Gasteiger partial charge in [-0.2, -0.15) is 0 Å². The number of ether oxygens (including phenoxy) is 1. The molecule has 0 atom stereocenters. The number of nitrogens with zero attached hydrogens (tertiary/aromatic N) is 1. The minimum atomic E-state index is -0.196. The Labute approximate surface area is 121 Å². The van der Waals surface area contributed by atoms with Crippen molar-refractivity contribution in [1.82, 2.24) is 5.32 Å². The highest BCUT2D eigenvalue weighted by Crippen LogP contribution is 2.30. The highest BCUT2D eigenvalue weighted by molar-refractivity contribution is 5.58. The lowest BCUT2D eigenvalue weighted by molar-refractivity contribution is 0.306. The molecule has 0 bridgehead atoms. The van der Waals surface area contributed by atoms with Gasteiger partial charge in [-0.1, -0.05) is 19.8 Å². The molecule has 0 saturated carbocycles. The third-order valence-corrected chi connectivity index (χ3v) is 3.61. The molecule has 1 aliphatic rings. The number of hydrogen-bond acceptors (Lipinski definition) is 3. The second-order valence-electron chi connectivity index (χ2n) is 5.26. The summed E-state index contributed by atoms with van der Waals surface area (Å²) in [6.45, 7) is 6.69. The molecule has 0 radical (unpaired) electrons. The second kappa shape index (κ2) is 8.10. The molecule has 1 aromatic rings. The smallest absolute Gasteiger partial charge is 0.142 e. The van der Waals surface area contributed by atoms with Gasteiger partial charge in [-0.3, -0.25) is 0 Å². The number of unbranched alkanes of at least 4 members (excludes halogenated alkanes) is 2. The standard InChI is InChI=1S/C16H25FN2O/c1-2-3-4-12-20-16-7-6-14(17)13-15(16)19-10-5-8-18-9-11-19/h6-7,13,18H,2-5,8-12H2,1H3. The van der Waals surface area contributed by atoms with E-state index in [1.165, 1.54) is 18.9 Å². The fourth-order valence-corrected chi connectivity index (χ4v) is 2.48. The van der Waals surface area contributed by atoms with Crippen molar-refractivity contribution in [2.75, 3.05) is 37.7 Å². The molecule has 1 N–H and O–H groups in total. The largest absolute Gasteiger partial charge is 0.491 e. The van der Waals surface area contributed by atoms with Gasteiger partial charge in [0.2, 0.25) is 0 Å². The predicted octanol–water partition coefficient (Wildman–Crippen LogP) is 3.19. The molecule has 1 heterocycles. The summed E-state index contributed by atoms with van der Waals surface area (Å²) in [5.41, 5.74) is 0.894. The van der Waals surface area contributed by atoms with Gasteiger partial charge in [0.1, 0.15) is 11.6 Å². The van der Waals surface area contributed by atoms with E-state index in [0.29, 0.717) is 6.61 Å². The lowest BCUT2D eigenvalue weighted by atomic mass is 10.2. The van der Waals surface area contributed by atoms with Crippen LogP contribution < -0.4 is 15.0 Å². The summed E-state index contributed by atoms with van der Waals surface area (Å²) in [7, 11) is 0. The number of nitrogens with one attached hydrogen (secondary N) is 1. The fourth-order valence-electron chi connectivity index (χ4n) is 2.48. The summed E-state index contributed by atoms with van der Waals surface area (Å²) >= 11 is 0. The minimum absolute atomic E-state index is 0.196. The van der Waals surface area contributed by atoms with Gasteiger partial charge in [0.25, 0.3) is 0 Å². The van der Waals surface area contributed by atoms with Crippen molar-refractivity contribution >= 4 is 5.69 Å². The Kier molecular flexibility index (Phi) is 6.12. The summed E-state index contributed by atoms with van der Waals surface area (Å²) in [5, 5.41) is 3.36. The monoisotopic (exact) mass is 280 g/mol. The van der Waals surface area contributed by atoms with Crippen LogP contribution in [0.3, 0.4) is 0 Å². The first-order chi connectivity index (χ1) is 9.81. The van der Waals surface area contributed by atoms with Crippen molar-refractivity contribution in [1.29, 1.82) is 0 Å². The molecule has 4 heteroatoms. The lowest BCUT2D eigenvalue weighted by Gasteiger charge is -2.25. The van der Waals surface area contributed by atoms with Crippen molar-refractivity contribution in [3.63, 3.8) is 0 Å². The van der Waals surface area contributed by atoms with Crippen molar-refractivity contribution in [3.8, 4) is 5.75 Å². The van der Waals surface area contributed by atoms with Crippen LogP contribution in [0, 0.1) is 5.82 Å². The molecular weight excluding hydrogens is 255 g/mol. The summed E-state index contributed by atoms with van der Waals surface area (Å²) < 4.78 is 19.4. The summed E-state index contributed by atoms with van der Waals surface area (Å²) in [6, 6.07) is 4.84. The van der Waals surface area contributed by atoms with Crippen LogP contribution in [0.5, 0.6) is 5.75 Å². The van der Waals surface area contributed by atoms with Crippen LogP contribution in [-0.4, -0.2) is 32.8 Å². The average molecular weight is 280 g/mol. The highest BCUT2D eigenvalue weighted by atomic mass is 19.1. The molecular formula is C16H25FN2O. The van der Waals surface area contributed by atoms with Crippen LogP contribution in [-0.2, 0) is 0 Å². The molecule has 1 aromatic carbocycles. The van der Waals surface area contributed by atoms with Crippen molar-refractivity contribution in [3.05, 3.63) is 24.0 Å². The second-order valence-corrected chi connectivity index (χ2v) is 5.26. The number of halogens is 1. The average Bonchev–Trinajstić information content (AvgIpc) is 2.74. The Hall–Kier alpha value is -1.29. The van der Waals surface area contributed by atoms with E-state index in [-0.39, 0.29) is 5.82 Å². The quantitative estimate of drug-likeness (QED) is 0.810. The predicted molar refractivity (Wildman–Crippen MR) is 81.1 cm³/mol. The molecule has 1 aliphatic heterocycles. The van der Waals surface area contributed by atoms with Gasteiger partial charge in [-0.05, 0) is 31.5 Å². The van der Waals surface area contributed by atoms with E-state index >= 15 is 0 Å². The maximum Gasteiger partial charge on any atom is 0.142 e. The number of benzene rings is 1. The van der Waals surface area contributed by atoms with Gasteiger partial charge in [-0.25, -0.2) is 4.39 Å². The van der Waals surface area contributed by atoms with Crippen LogP contribution >= 0.6 is 0 Å². The first-order valence-corrected chi connectivity index (χ1v) is 7.69. The maximum atomic E-state index is 13.5. The van der Waals surface area contributed by atoms with Gasteiger partial charge in [-0.15, -0.1) is 0 Å². The molecule has 3 nitrogen and oxygen atoms in total. The van der Waals surface area contributed by atoms with Crippen LogP contribution in [0.1, 0.15) is 32.6 Å². The van der Waals surface area contributed by atoms with Crippen LogP contribution in [0.4, 0.5) is 10.1 Å². The third kappa shape index (κ3) is 4.37. The van der Waals surface area contributed by atoms with Crippen molar-refractivity contribution in [2.45, 2.75) is 32.6 Å². The molecule has 1 saturated heterocycles. The fraction of sp³-hybridized carbons (Fsp3) is 0.625. The normalized spacial score (nSPS) is 16.0. The van der Waals surface area contributed by atoms with Gasteiger partial charge < -0.3 is 15.0 Å². The number of rotatable bonds is 6. The van der Waals surface area contributed by atoms with Gasteiger partial charge in [0, 0.05) is 25.7 Å². The zero-order chi connectivity index (χ0) is 14.2. The number of hydrogen-bond donors (Lipinski definition) is 1. The van der Waals surface area contributed by atoms with E-state index in [9.17, 15) is 4.39 Å². The Balaban J connectivity index is 2.06. The Morgan fingerprint density at radius 3 is 3.00 bits per heavy atom. The van der Waals surface area contributed by atoms with Crippen LogP contribution in [0.15, 0.2) is 18.2 Å². The molecule has 112 valence electrons. The third-order valence-electron chi connectivity index (χ3n) is 3.61. The molecule has 0 aliphatic carbocycles. The first kappa shape index (κ1) is 15.1. The van der Waals surface area contributed by atoms with Crippen molar-refractivity contribution < 1.29 is 9.13 Å².